The number of benzene rings is 1. The molecule has 6 heteroatoms. The summed E-state index contributed by atoms with van der Waals surface area (Å²) in [6, 6.07) is 3.26. The highest BCUT2D eigenvalue weighted by Crippen LogP contribution is 2.29. The van der Waals surface area contributed by atoms with Gasteiger partial charge in [-0.25, -0.2) is 13.8 Å². The molecule has 3 N–H and O–H groups in total. The number of rotatable bonds is 6. The number of aryl methyl sites for hydroxylation is 2. The molecule has 0 amide bonds. The largest absolute Gasteiger partial charge is 0.395 e. The van der Waals surface area contributed by atoms with Crippen molar-refractivity contribution in [2.75, 3.05) is 13.2 Å². The summed E-state index contributed by atoms with van der Waals surface area (Å²) in [5.74, 6) is -0.514. The second-order valence-electron chi connectivity index (χ2n) is 5.26. The predicted molar refractivity (Wildman–Crippen MR) is 75.7 cm³/mol. The van der Waals surface area contributed by atoms with Crippen LogP contribution in [0.4, 0.5) is 8.78 Å². The monoisotopic (exact) mass is 295 g/mol. The number of aliphatic hydroxyl groups excluding tert-OH is 1. The third-order valence-corrected chi connectivity index (χ3v) is 3.92. The number of hydrogen-bond donors (Lipinski definition) is 2. The second-order valence-corrected chi connectivity index (χ2v) is 5.26. The fourth-order valence-corrected chi connectivity index (χ4v) is 2.45. The highest BCUT2D eigenvalue weighted by atomic mass is 19.1. The van der Waals surface area contributed by atoms with Gasteiger partial charge in [-0.2, -0.15) is 0 Å². The quantitative estimate of drug-likeness (QED) is 0.849. The molecule has 1 atom stereocenters. The summed E-state index contributed by atoms with van der Waals surface area (Å²) in [5, 5.41) is 9.76. The van der Waals surface area contributed by atoms with E-state index in [1.54, 1.807) is 6.20 Å². The Labute approximate surface area is 122 Å². The van der Waals surface area contributed by atoms with E-state index in [-0.39, 0.29) is 13.2 Å². The highest BCUT2D eigenvalue weighted by molar-refractivity contribution is 5.28. The maximum absolute atomic E-state index is 13.4. The van der Waals surface area contributed by atoms with Crippen LogP contribution < -0.4 is 5.73 Å². The summed E-state index contributed by atoms with van der Waals surface area (Å²) in [6.07, 6.45) is 4.51. The average Bonchev–Trinajstić information content (AvgIpc) is 2.85. The lowest BCUT2D eigenvalue weighted by molar-refractivity contribution is 0.187. The Morgan fingerprint density at radius 3 is 2.43 bits per heavy atom. The first-order valence-electron chi connectivity index (χ1n) is 6.74. The van der Waals surface area contributed by atoms with Gasteiger partial charge in [-0.05, 0) is 24.1 Å². The highest BCUT2D eigenvalue weighted by Gasteiger charge is 2.31. The maximum Gasteiger partial charge on any atom is 0.126 e. The molecular formula is C15H19F2N3O. The Morgan fingerprint density at radius 1 is 1.29 bits per heavy atom. The van der Waals surface area contributed by atoms with Crippen LogP contribution in [0.5, 0.6) is 0 Å². The molecule has 21 heavy (non-hydrogen) atoms. The number of hydrogen-bond acceptors (Lipinski definition) is 3. The first-order valence-corrected chi connectivity index (χ1v) is 6.74. The van der Waals surface area contributed by atoms with Crippen LogP contribution in [-0.4, -0.2) is 27.8 Å². The minimum Gasteiger partial charge on any atom is -0.395 e. The topological polar surface area (TPSA) is 64.1 Å². The van der Waals surface area contributed by atoms with Gasteiger partial charge in [0, 0.05) is 43.9 Å². The minimum atomic E-state index is -0.880. The summed E-state index contributed by atoms with van der Waals surface area (Å²) < 4.78 is 28.7. The van der Waals surface area contributed by atoms with E-state index in [1.165, 1.54) is 12.1 Å². The Hall–Kier alpha value is -1.79. The van der Waals surface area contributed by atoms with E-state index in [0.717, 1.165) is 11.9 Å². The Balaban J connectivity index is 2.29. The molecule has 1 unspecified atom stereocenters. The van der Waals surface area contributed by atoms with Gasteiger partial charge in [0.1, 0.15) is 17.5 Å². The van der Waals surface area contributed by atoms with E-state index in [1.807, 2.05) is 17.8 Å². The van der Waals surface area contributed by atoms with Crippen LogP contribution in [0.25, 0.3) is 0 Å². The van der Waals surface area contributed by atoms with Crippen LogP contribution in [0, 0.1) is 11.6 Å². The van der Waals surface area contributed by atoms with Crippen LogP contribution >= 0.6 is 0 Å². The van der Waals surface area contributed by atoms with Gasteiger partial charge >= 0.3 is 0 Å². The molecule has 0 aliphatic rings. The van der Waals surface area contributed by atoms with Gasteiger partial charge in [-0.15, -0.1) is 0 Å². The molecule has 0 saturated carbocycles. The molecule has 0 fully saturated rings. The van der Waals surface area contributed by atoms with Crippen molar-refractivity contribution in [1.82, 2.24) is 9.55 Å². The van der Waals surface area contributed by atoms with Crippen molar-refractivity contribution in [2.24, 2.45) is 12.8 Å². The zero-order chi connectivity index (χ0) is 15.5. The Morgan fingerprint density at radius 2 is 1.95 bits per heavy atom. The lowest BCUT2D eigenvalue weighted by Gasteiger charge is -2.31. The summed E-state index contributed by atoms with van der Waals surface area (Å²) >= 11 is 0. The molecule has 114 valence electrons. The third-order valence-electron chi connectivity index (χ3n) is 3.92. The molecule has 0 aliphatic heterocycles. The van der Waals surface area contributed by atoms with Gasteiger partial charge in [0.25, 0.3) is 0 Å². The first-order chi connectivity index (χ1) is 10.0. The van der Waals surface area contributed by atoms with Gasteiger partial charge in [-0.1, -0.05) is 0 Å². The van der Waals surface area contributed by atoms with Crippen LogP contribution in [0.1, 0.15) is 17.8 Å². The summed E-state index contributed by atoms with van der Waals surface area (Å²) in [7, 11) is 1.87. The van der Waals surface area contributed by atoms with Crippen molar-refractivity contribution < 1.29 is 13.9 Å². The zero-order valence-corrected chi connectivity index (χ0v) is 11.9. The minimum absolute atomic E-state index is 0.0941. The molecule has 1 aromatic heterocycles. The van der Waals surface area contributed by atoms with E-state index >= 15 is 0 Å². The number of nitrogens with two attached hydrogens (primary N) is 1. The molecule has 1 heterocycles. The summed E-state index contributed by atoms with van der Waals surface area (Å²) in [4.78, 5) is 4.21. The lowest BCUT2D eigenvalue weighted by Crippen LogP contribution is -2.39. The SMILES string of the molecule is Cn1ccnc1CCC(CN)(CO)c1cc(F)cc(F)c1. The number of aliphatic hydroxyl groups is 1. The molecule has 0 aliphatic carbocycles. The van der Waals surface area contributed by atoms with Crippen LogP contribution in [0.2, 0.25) is 0 Å². The average molecular weight is 295 g/mol. The molecule has 2 aromatic rings. The number of aromatic nitrogens is 2. The van der Waals surface area contributed by atoms with Gasteiger partial charge in [0.15, 0.2) is 0 Å². The van der Waals surface area contributed by atoms with Crippen molar-refractivity contribution in [1.29, 1.82) is 0 Å². The first kappa shape index (κ1) is 15.6. The Bertz CT molecular complexity index is 588. The van der Waals surface area contributed by atoms with E-state index < -0.39 is 17.0 Å². The lowest BCUT2D eigenvalue weighted by atomic mass is 9.77. The molecule has 0 saturated heterocycles. The van der Waals surface area contributed by atoms with Crippen molar-refractivity contribution in [2.45, 2.75) is 18.3 Å². The van der Waals surface area contributed by atoms with Gasteiger partial charge in [0.05, 0.1) is 6.61 Å². The molecule has 1 aromatic carbocycles. The summed E-state index contributed by atoms with van der Waals surface area (Å²) in [6.45, 7) is -0.187. The van der Waals surface area contributed by atoms with E-state index in [4.69, 9.17) is 5.73 Å². The van der Waals surface area contributed by atoms with Crippen LogP contribution in [-0.2, 0) is 18.9 Å². The number of halogens is 2. The maximum atomic E-state index is 13.4. The normalized spacial score (nSPS) is 14.1. The van der Waals surface area contributed by atoms with Crippen molar-refractivity contribution in [3.05, 3.63) is 53.6 Å². The van der Waals surface area contributed by atoms with Crippen molar-refractivity contribution in [3.8, 4) is 0 Å². The number of imidazole rings is 1. The smallest absolute Gasteiger partial charge is 0.126 e. The van der Waals surface area contributed by atoms with E-state index in [2.05, 4.69) is 4.98 Å². The molecule has 2 rings (SSSR count). The Kier molecular flexibility index (Phi) is 4.69. The number of nitrogens with zero attached hydrogens (tertiary/aromatic N) is 2. The molecule has 0 spiro atoms. The standard InChI is InChI=1S/C15H19F2N3O/c1-20-5-4-19-14(20)2-3-15(9-18,10-21)11-6-12(16)8-13(17)7-11/h4-8,21H,2-3,9-10,18H2,1H3. The van der Waals surface area contributed by atoms with Gasteiger partial charge in [-0.3, -0.25) is 0 Å². The van der Waals surface area contributed by atoms with Crippen LogP contribution in [0.3, 0.4) is 0 Å². The summed E-state index contributed by atoms with van der Waals surface area (Å²) in [5.41, 5.74) is 5.29. The third kappa shape index (κ3) is 3.28. The molecule has 0 radical (unpaired) electrons. The fraction of sp³-hybridized carbons (Fsp3) is 0.400. The predicted octanol–water partition coefficient (Wildman–Crippen LogP) is 1.52. The van der Waals surface area contributed by atoms with E-state index in [9.17, 15) is 13.9 Å². The van der Waals surface area contributed by atoms with E-state index in [0.29, 0.717) is 18.4 Å². The zero-order valence-electron chi connectivity index (χ0n) is 11.9. The molecule has 0 bridgehead atoms. The van der Waals surface area contributed by atoms with Crippen molar-refractivity contribution in [3.63, 3.8) is 0 Å². The molecule has 4 nitrogen and oxygen atoms in total. The van der Waals surface area contributed by atoms with Gasteiger partial charge < -0.3 is 15.4 Å². The fourth-order valence-electron chi connectivity index (χ4n) is 2.45. The van der Waals surface area contributed by atoms with Crippen molar-refractivity contribution >= 4 is 0 Å². The van der Waals surface area contributed by atoms with Gasteiger partial charge in [0.2, 0.25) is 0 Å². The second kappa shape index (κ2) is 6.32. The molecular weight excluding hydrogens is 276 g/mol. The van der Waals surface area contributed by atoms with Crippen LogP contribution in [0.15, 0.2) is 30.6 Å².